The van der Waals surface area contributed by atoms with E-state index >= 15 is 0 Å². The van der Waals surface area contributed by atoms with Crippen LogP contribution in [-0.4, -0.2) is 43.2 Å². The summed E-state index contributed by atoms with van der Waals surface area (Å²) in [7, 11) is -0.992. The molecule has 0 amide bonds. The van der Waals surface area contributed by atoms with Crippen LogP contribution in [0.15, 0.2) is 6.07 Å². The van der Waals surface area contributed by atoms with Crippen LogP contribution in [0.5, 0.6) is 0 Å². The van der Waals surface area contributed by atoms with Gasteiger partial charge in [0, 0.05) is 38.1 Å². The average molecular weight is 301 g/mol. The standard InChI is InChI=1S/C14H27N3O2S/c1-6-17(20(5,18)19)9-7-8-15-11-14-10-12(2)16(4)13(14)3/h10,15H,6-9,11H2,1-5H3. The first kappa shape index (κ1) is 17.2. The Kier molecular flexibility index (Phi) is 6.23. The molecule has 0 aliphatic heterocycles. The third kappa shape index (κ3) is 4.61. The SMILES string of the molecule is CCN(CCCNCc1cc(C)n(C)c1C)S(C)(=O)=O. The van der Waals surface area contributed by atoms with Crippen molar-refractivity contribution in [1.29, 1.82) is 0 Å². The lowest BCUT2D eigenvalue weighted by atomic mass is 10.2. The Morgan fingerprint density at radius 3 is 2.45 bits per heavy atom. The minimum absolute atomic E-state index is 0.538. The summed E-state index contributed by atoms with van der Waals surface area (Å²) in [6.45, 7) is 8.85. The third-order valence-electron chi connectivity index (χ3n) is 3.78. The van der Waals surface area contributed by atoms with Crippen LogP contribution in [0.4, 0.5) is 0 Å². The van der Waals surface area contributed by atoms with Gasteiger partial charge in [0.15, 0.2) is 0 Å². The first-order chi connectivity index (χ1) is 9.27. The van der Waals surface area contributed by atoms with E-state index in [2.05, 4.69) is 36.8 Å². The normalized spacial score (nSPS) is 12.3. The second kappa shape index (κ2) is 7.24. The molecule has 1 N–H and O–H groups in total. The monoisotopic (exact) mass is 301 g/mol. The smallest absolute Gasteiger partial charge is 0.211 e. The summed E-state index contributed by atoms with van der Waals surface area (Å²) >= 11 is 0. The molecule has 20 heavy (non-hydrogen) atoms. The van der Waals surface area contributed by atoms with Crippen LogP contribution >= 0.6 is 0 Å². The predicted octanol–water partition coefficient (Wildman–Crippen LogP) is 1.40. The highest BCUT2D eigenvalue weighted by Gasteiger charge is 2.13. The molecule has 0 saturated carbocycles. The number of hydrogen-bond donors (Lipinski definition) is 1. The molecule has 0 bridgehead atoms. The minimum atomic E-state index is -3.06. The van der Waals surface area contributed by atoms with Crippen molar-refractivity contribution >= 4 is 10.0 Å². The Hall–Kier alpha value is -0.850. The van der Waals surface area contributed by atoms with Crippen LogP contribution in [0.1, 0.15) is 30.3 Å². The van der Waals surface area contributed by atoms with Gasteiger partial charge in [-0.3, -0.25) is 0 Å². The van der Waals surface area contributed by atoms with Gasteiger partial charge >= 0.3 is 0 Å². The van der Waals surface area contributed by atoms with Crippen molar-refractivity contribution in [2.45, 2.75) is 33.7 Å². The summed E-state index contributed by atoms with van der Waals surface area (Å²) in [5.41, 5.74) is 3.84. The molecule has 1 rings (SSSR count). The van der Waals surface area contributed by atoms with Gasteiger partial charge in [0.25, 0.3) is 0 Å². The van der Waals surface area contributed by atoms with E-state index in [1.165, 1.54) is 27.5 Å². The molecule has 0 fully saturated rings. The molecule has 0 saturated heterocycles. The summed E-state index contributed by atoms with van der Waals surface area (Å²) < 4.78 is 26.6. The number of aryl methyl sites for hydroxylation is 1. The summed E-state index contributed by atoms with van der Waals surface area (Å²) in [4.78, 5) is 0. The molecule has 0 radical (unpaired) electrons. The zero-order valence-electron chi connectivity index (χ0n) is 13.2. The van der Waals surface area contributed by atoms with Crippen LogP contribution in [-0.2, 0) is 23.6 Å². The molecule has 0 atom stereocenters. The maximum atomic E-state index is 11.4. The van der Waals surface area contributed by atoms with Crippen molar-refractivity contribution < 1.29 is 8.42 Å². The number of nitrogens with zero attached hydrogens (tertiary/aromatic N) is 2. The first-order valence-corrected chi connectivity index (χ1v) is 8.89. The first-order valence-electron chi connectivity index (χ1n) is 7.05. The van der Waals surface area contributed by atoms with Gasteiger partial charge in [-0.15, -0.1) is 0 Å². The number of nitrogens with one attached hydrogen (secondary N) is 1. The van der Waals surface area contributed by atoms with Gasteiger partial charge in [-0.2, -0.15) is 0 Å². The van der Waals surface area contributed by atoms with Gasteiger partial charge in [0.2, 0.25) is 10.0 Å². The van der Waals surface area contributed by atoms with Gasteiger partial charge in [-0.05, 0) is 38.4 Å². The van der Waals surface area contributed by atoms with Crippen LogP contribution in [0.3, 0.4) is 0 Å². The van der Waals surface area contributed by atoms with Crippen LogP contribution in [0.2, 0.25) is 0 Å². The summed E-state index contributed by atoms with van der Waals surface area (Å²) in [5.74, 6) is 0. The van der Waals surface area contributed by atoms with E-state index in [4.69, 9.17) is 0 Å². The summed E-state index contributed by atoms with van der Waals surface area (Å²) in [5, 5.41) is 3.38. The van der Waals surface area contributed by atoms with Crippen molar-refractivity contribution in [1.82, 2.24) is 14.2 Å². The molecule has 0 aliphatic rings. The van der Waals surface area contributed by atoms with E-state index < -0.39 is 10.0 Å². The zero-order chi connectivity index (χ0) is 15.3. The molecule has 0 spiro atoms. The Bertz CT molecular complexity index is 535. The molecule has 1 aromatic rings. The van der Waals surface area contributed by atoms with E-state index in [-0.39, 0.29) is 0 Å². The van der Waals surface area contributed by atoms with E-state index in [0.717, 1.165) is 19.5 Å². The second-order valence-corrected chi connectivity index (χ2v) is 7.22. The highest BCUT2D eigenvalue weighted by atomic mass is 32.2. The van der Waals surface area contributed by atoms with Gasteiger partial charge in [-0.1, -0.05) is 6.92 Å². The quantitative estimate of drug-likeness (QED) is 0.739. The maximum Gasteiger partial charge on any atom is 0.211 e. The Morgan fingerprint density at radius 1 is 1.35 bits per heavy atom. The Labute approximate surface area is 123 Å². The van der Waals surface area contributed by atoms with Crippen molar-refractivity contribution in [2.24, 2.45) is 7.05 Å². The van der Waals surface area contributed by atoms with E-state index in [1.54, 1.807) is 0 Å². The number of hydrogen-bond acceptors (Lipinski definition) is 3. The predicted molar refractivity (Wildman–Crippen MR) is 83.3 cm³/mol. The molecule has 5 nitrogen and oxygen atoms in total. The topological polar surface area (TPSA) is 54.3 Å². The van der Waals surface area contributed by atoms with Crippen molar-refractivity contribution in [3.63, 3.8) is 0 Å². The molecule has 116 valence electrons. The maximum absolute atomic E-state index is 11.4. The fourth-order valence-electron chi connectivity index (χ4n) is 2.27. The van der Waals surface area contributed by atoms with Gasteiger partial charge in [0.05, 0.1) is 6.26 Å². The molecule has 1 aromatic heterocycles. The fraction of sp³-hybridized carbons (Fsp3) is 0.714. The van der Waals surface area contributed by atoms with E-state index in [0.29, 0.717) is 13.1 Å². The molecular formula is C14H27N3O2S. The van der Waals surface area contributed by atoms with Crippen LogP contribution in [0.25, 0.3) is 0 Å². The average Bonchev–Trinajstić information content (AvgIpc) is 2.60. The lowest BCUT2D eigenvalue weighted by Gasteiger charge is -2.17. The second-order valence-electron chi connectivity index (χ2n) is 5.24. The summed E-state index contributed by atoms with van der Waals surface area (Å²) in [6, 6.07) is 2.19. The van der Waals surface area contributed by atoms with Gasteiger partial charge in [-0.25, -0.2) is 12.7 Å². The molecule has 0 aliphatic carbocycles. The van der Waals surface area contributed by atoms with E-state index in [1.807, 2.05) is 6.92 Å². The lowest BCUT2D eigenvalue weighted by Crippen LogP contribution is -2.32. The number of rotatable bonds is 8. The highest BCUT2D eigenvalue weighted by Crippen LogP contribution is 2.12. The molecule has 6 heteroatoms. The zero-order valence-corrected chi connectivity index (χ0v) is 14.0. The molecule has 1 heterocycles. The van der Waals surface area contributed by atoms with Crippen molar-refractivity contribution in [2.75, 3.05) is 25.9 Å². The number of sulfonamides is 1. The third-order valence-corrected chi connectivity index (χ3v) is 5.16. The largest absolute Gasteiger partial charge is 0.352 e. The lowest BCUT2D eigenvalue weighted by molar-refractivity contribution is 0.419. The molecular weight excluding hydrogens is 274 g/mol. The Balaban J connectivity index is 2.34. The number of aromatic nitrogens is 1. The Morgan fingerprint density at radius 2 is 2.00 bits per heavy atom. The van der Waals surface area contributed by atoms with Gasteiger partial charge in [0.1, 0.15) is 0 Å². The van der Waals surface area contributed by atoms with Crippen LogP contribution < -0.4 is 5.32 Å². The highest BCUT2D eigenvalue weighted by molar-refractivity contribution is 7.88. The molecule has 0 unspecified atom stereocenters. The van der Waals surface area contributed by atoms with Crippen molar-refractivity contribution in [3.8, 4) is 0 Å². The molecule has 0 aromatic carbocycles. The van der Waals surface area contributed by atoms with E-state index in [9.17, 15) is 8.42 Å². The minimum Gasteiger partial charge on any atom is -0.352 e. The summed E-state index contributed by atoms with van der Waals surface area (Å²) in [6.07, 6.45) is 2.09. The van der Waals surface area contributed by atoms with Gasteiger partial charge < -0.3 is 9.88 Å². The van der Waals surface area contributed by atoms with Crippen molar-refractivity contribution in [3.05, 3.63) is 23.0 Å². The fourth-order valence-corrected chi connectivity index (χ4v) is 3.20. The van der Waals surface area contributed by atoms with Crippen LogP contribution in [0, 0.1) is 13.8 Å².